The average Bonchev–Trinajstić information content (AvgIpc) is 2.70. The van der Waals surface area contributed by atoms with Crippen LogP contribution in [-0.2, 0) is 26.0 Å². The predicted octanol–water partition coefficient (Wildman–Crippen LogP) is 2.57. The zero-order valence-corrected chi connectivity index (χ0v) is 17.8. The van der Waals surface area contributed by atoms with Crippen LogP contribution in [0.2, 0.25) is 0 Å². The minimum atomic E-state index is -3.48. The van der Waals surface area contributed by atoms with Crippen LogP contribution in [0.25, 0.3) is 0 Å². The molecule has 1 saturated heterocycles. The largest absolute Gasteiger partial charge is 0.379 e. The van der Waals surface area contributed by atoms with Gasteiger partial charge in [-0.3, -0.25) is 4.79 Å². The second-order valence-corrected chi connectivity index (χ2v) is 9.41. The van der Waals surface area contributed by atoms with E-state index in [2.05, 4.69) is 24.4 Å². The lowest BCUT2D eigenvalue weighted by Crippen LogP contribution is -2.40. The molecule has 0 radical (unpaired) electrons. The second kappa shape index (κ2) is 10.7. The van der Waals surface area contributed by atoms with Gasteiger partial charge in [-0.25, -0.2) is 13.8 Å². The van der Waals surface area contributed by atoms with Gasteiger partial charge in [-0.15, -0.1) is 0 Å². The Labute approximate surface area is 168 Å². The normalized spacial score (nSPS) is 16.4. The third-order valence-corrected chi connectivity index (χ3v) is 6.54. The first-order valence-electron chi connectivity index (χ1n) is 9.78. The number of rotatable bonds is 9. The van der Waals surface area contributed by atoms with Gasteiger partial charge in [0.05, 0.1) is 18.1 Å². The summed E-state index contributed by atoms with van der Waals surface area (Å²) in [6, 6.07) is 6.73. The summed E-state index contributed by atoms with van der Waals surface area (Å²) < 4.78 is 31.9. The van der Waals surface area contributed by atoms with Crippen LogP contribution in [0, 0.1) is 5.92 Å². The lowest BCUT2D eigenvalue weighted by Gasteiger charge is -2.26. The quantitative estimate of drug-likeness (QED) is 0.501. The summed E-state index contributed by atoms with van der Waals surface area (Å²) >= 11 is 0. The molecule has 1 fully saturated rings. The maximum Gasteiger partial charge on any atom is 0.243 e. The van der Waals surface area contributed by atoms with Crippen LogP contribution in [0.3, 0.4) is 0 Å². The van der Waals surface area contributed by atoms with E-state index in [1.165, 1.54) is 4.31 Å². The van der Waals surface area contributed by atoms with Crippen molar-refractivity contribution in [3.63, 3.8) is 0 Å². The van der Waals surface area contributed by atoms with Gasteiger partial charge in [0.15, 0.2) is 0 Å². The van der Waals surface area contributed by atoms with E-state index in [4.69, 9.17) is 4.74 Å². The van der Waals surface area contributed by atoms with E-state index in [0.29, 0.717) is 45.1 Å². The number of hydrogen-bond donors (Lipinski definition) is 1. The number of carbonyl (C=O) groups excluding carboxylic acids is 1. The number of carbonyl (C=O) groups is 1. The third kappa shape index (κ3) is 7.00. The minimum Gasteiger partial charge on any atom is -0.379 e. The number of hydrazone groups is 1. The molecule has 1 amide bonds. The molecule has 1 aromatic carbocycles. The van der Waals surface area contributed by atoms with E-state index in [-0.39, 0.29) is 10.8 Å². The van der Waals surface area contributed by atoms with Gasteiger partial charge in [-0.2, -0.15) is 9.41 Å². The number of hydrogen-bond acceptors (Lipinski definition) is 5. The van der Waals surface area contributed by atoms with Crippen molar-refractivity contribution in [1.82, 2.24) is 9.73 Å². The Morgan fingerprint density at radius 1 is 1.18 bits per heavy atom. The minimum absolute atomic E-state index is 0.145. The van der Waals surface area contributed by atoms with Gasteiger partial charge in [0.25, 0.3) is 0 Å². The zero-order chi connectivity index (χ0) is 20.6. The molecule has 1 aliphatic heterocycles. The van der Waals surface area contributed by atoms with E-state index in [9.17, 15) is 13.2 Å². The SMILES string of the molecule is CC(CCC(C)C)=NNC(=O)CCc1ccc(S(=O)(=O)N2CCOCC2)cc1. The van der Waals surface area contributed by atoms with Crippen molar-refractivity contribution in [1.29, 1.82) is 0 Å². The Morgan fingerprint density at radius 3 is 2.43 bits per heavy atom. The number of nitrogens with one attached hydrogen (secondary N) is 1. The first kappa shape index (κ1) is 22.5. The molecule has 8 heteroatoms. The summed E-state index contributed by atoms with van der Waals surface area (Å²) in [6.07, 6.45) is 2.75. The number of morpholine rings is 1. The fourth-order valence-corrected chi connectivity index (χ4v) is 4.20. The summed E-state index contributed by atoms with van der Waals surface area (Å²) in [5, 5.41) is 4.13. The molecule has 1 aromatic rings. The fraction of sp³-hybridized carbons (Fsp3) is 0.600. The molecule has 0 aromatic heterocycles. The van der Waals surface area contributed by atoms with E-state index in [1.54, 1.807) is 24.3 Å². The molecule has 0 atom stereocenters. The van der Waals surface area contributed by atoms with Crippen molar-refractivity contribution in [3.05, 3.63) is 29.8 Å². The maximum atomic E-state index is 12.6. The molecule has 1 N–H and O–H groups in total. The Kier molecular flexibility index (Phi) is 8.59. The predicted molar refractivity (Wildman–Crippen MR) is 110 cm³/mol. The Bertz CT molecular complexity index is 767. The Morgan fingerprint density at radius 2 is 1.82 bits per heavy atom. The van der Waals surface area contributed by atoms with Crippen molar-refractivity contribution in [2.24, 2.45) is 11.0 Å². The Hall–Kier alpha value is -1.77. The first-order valence-corrected chi connectivity index (χ1v) is 11.2. The van der Waals surface area contributed by atoms with E-state index in [0.717, 1.165) is 24.1 Å². The summed E-state index contributed by atoms with van der Waals surface area (Å²) in [4.78, 5) is 12.2. The van der Waals surface area contributed by atoms with Crippen LogP contribution < -0.4 is 5.43 Å². The highest BCUT2D eigenvalue weighted by atomic mass is 32.2. The molecule has 0 spiro atoms. The van der Waals surface area contributed by atoms with Gasteiger partial charge >= 0.3 is 0 Å². The summed E-state index contributed by atoms with van der Waals surface area (Å²) in [6.45, 7) is 7.82. The number of sulfonamides is 1. The number of nitrogens with zero attached hydrogens (tertiary/aromatic N) is 2. The zero-order valence-electron chi connectivity index (χ0n) is 17.0. The maximum absolute atomic E-state index is 12.6. The van der Waals surface area contributed by atoms with E-state index >= 15 is 0 Å². The third-order valence-electron chi connectivity index (χ3n) is 4.63. The van der Waals surface area contributed by atoms with Crippen LogP contribution >= 0.6 is 0 Å². The molecule has 0 unspecified atom stereocenters. The van der Waals surface area contributed by atoms with Crippen molar-refractivity contribution < 1.29 is 17.9 Å². The van der Waals surface area contributed by atoms with Gasteiger partial charge < -0.3 is 4.74 Å². The number of ether oxygens (including phenoxy) is 1. The summed E-state index contributed by atoms with van der Waals surface area (Å²) in [5.41, 5.74) is 4.42. The molecular formula is C20H31N3O4S. The van der Waals surface area contributed by atoms with Crippen molar-refractivity contribution in [3.8, 4) is 0 Å². The lowest BCUT2D eigenvalue weighted by atomic mass is 10.1. The average molecular weight is 410 g/mol. The van der Waals surface area contributed by atoms with Crippen LogP contribution in [0.1, 0.15) is 45.6 Å². The molecule has 1 aliphatic rings. The number of amides is 1. The van der Waals surface area contributed by atoms with Gasteiger partial charge in [0, 0.05) is 25.2 Å². The first-order chi connectivity index (χ1) is 13.3. The van der Waals surface area contributed by atoms with E-state index in [1.807, 2.05) is 6.92 Å². The molecule has 28 heavy (non-hydrogen) atoms. The number of benzene rings is 1. The monoisotopic (exact) mass is 409 g/mol. The molecule has 0 bridgehead atoms. The molecule has 1 heterocycles. The molecule has 156 valence electrons. The van der Waals surface area contributed by atoms with Crippen molar-refractivity contribution in [2.75, 3.05) is 26.3 Å². The highest BCUT2D eigenvalue weighted by molar-refractivity contribution is 7.89. The highest BCUT2D eigenvalue weighted by Gasteiger charge is 2.26. The smallest absolute Gasteiger partial charge is 0.243 e. The topological polar surface area (TPSA) is 88.1 Å². The van der Waals surface area contributed by atoms with Gasteiger partial charge in [0.1, 0.15) is 0 Å². The molecule has 0 saturated carbocycles. The van der Waals surface area contributed by atoms with Crippen LogP contribution in [0.15, 0.2) is 34.3 Å². The van der Waals surface area contributed by atoms with Gasteiger partial charge in [-0.05, 0) is 49.8 Å². The van der Waals surface area contributed by atoms with Crippen LogP contribution in [-0.4, -0.2) is 50.6 Å². The summed E-state index contributed by atoms with van der Waals surface area (Å²) in [5.74, 6) is 0.463. The molecule has 2 rings (SSSR count). The van der Waals surface area contributed by atoms with Crippen LogP contribution in [0.5, 0.6) is 0 Å². The molecule has 0 aliphatic carbocycles. The van der Waals surface area contributed by atoms with E-state index < -0.39 is 10.0 Å². The van der Waals surface area contributed by atoms with Crippen LogP contribution in [0.4, 0.5) is 0 Å². The fourth-order valence-electron chi connectivity index (χ4n) is 2.79. The van der Waals surface area contributed by atoms with Crippen molar-refractivity contribution >= 4 is 21.6 Å². The Balaban J connectivity index is 1.83. The molecule has 7 nitrogen and oxygen atoms in total. The lowest BCUT2D eigenvalue weighted by molar-refractivity contribution is -0.121. The second-order valence-electron chi connectivity index (χ2n) is 7.47. The summed E-state index contributed by atoms with van der Waals surface area (Å²) in [7, 11) is -3.48. The van der Waals surface area contributed by atoms with Crippen molar-refractivity contribution in [2.45, 2.75) is 51.3 Å². The number of aryl methyl sites for hydroxylation is 1. The standard InChI is InChI=1S/C20H31N3O4S/c1-16(2)4-5-17(3)21-22-20(24)11-8-18-6-9-19(10-7-18)28(25,26)23-12-14-27-15-13-23/h6-7,9-10,16H,4-5,8,11-15H2,1-3H3,(H,22,24). The highest BCUT2D eigenvalue weighted by Crippen LogP contribution is 2.18. The van der Waals surface area contributed by atoms with Gasteiger partial charge in [-0.1, -0.05) is 26.0 Å². The molecular weight excluding hydrogens is 378 g/mol. The van der Waals surface area contributed by atoms with Gasteiger partial charge in [0.2, 0.25) is 15.9 Å².